The molecule has 29 heavy (non-hydrogen) atoms. The SMILES string of the molecule is COc1ccc(NC(=O)c2cccc(OCC(C)C)c2)cc1-c1ccc(CO)o1. The largest absolute Gasteiger partial charge is 0.496 e. The Morgan fingerprint density at radius 2 is 1.97 bits per heavy atom. The normalized spacial score (nSPS) is 10.8. The average molecular weight is 395 g/mol. The predicted molar refractivity (Wildman–Crippen MR) is 111 cm³/mol. The topological polar surface area (TPSA) is 80.9 Å². The van der Waals surface area contributed by atoms with Gasteiger partial charge in [-0.1, -0.05) is 19.9 Å². The Labute approximate surface area is 170 Å². The van der Waals surface area contributed by atoms with Crippen molar-refractivity contribution in [3.63, 3.8) is 0 Å². The van der Waals surface area contributed by atoms with Gasteiger partial charge in [-0.15, -0.1) is 0 Å². The van der Waals surface area contributed by atoms with Crippen molar-refractivity contribution in [2.24, 2.45) is 5.92 Å². The highest BCUT2D eigenvalue weighted by atomic mass is 16.5. The summed E-state index contributed by atoms with van der Waals surface area (Å²) in [5.74, 6) is 2.42. The molecule has 2 N–H and O–H groups in total. The van der Waals surface area contributed by atoms with E-state index in [2.05, 4.69) is 19.2 Å². The fourth-order valence-electron chi connectivity index (χ4n) is 2.78. The summed E-state index contributed by atoms with van der Waals surface area (Å²) < 4.78 is 16.7. The maximum Gasteiger partial charge on any atom is 0.255 e. The van der Waals surface area contributed by atoms with Gasteiger partial charge in [-0.2, -0.15) is 0 Å². The Kier molecular flexibility index (Phi) is 6.57. The summed E-state index contributed by atoms with van der Waals surface area (Å²) in [6, 6.07) is 15.8. The van der Waals surface area contributed by atoms with Crippen LogP contribution < -0.4 is 14.8 Å². The van der Waals surface area contributed by atoms with Crippen LogP contribution in [0.15, 0.2) is 59.0 Å². The zero-order chi connectivity index (χ0) is 20.8. The number of methoxy groups -OCH3 is 1. The van der Waals surface area contributed by atoms with E-state index < -0.39 is 0 Å². The van der Waals surface area contributed by atoms with Crippen LogP contribution in [0.1, 0.15) is 30.0 Å². The number of carbonyl (C=O) groups excluding carboxylic acids is 1. The zero-order valence-corrected chi connectivity index (χ0v) is 16.8. The summed E-state index contributed by atoms with van der Waals surface area (Å²) in [6.07, 6.45) is 0. The highest BCUT2D eigenvalue weighted by molar-refractivity contribution is 6.04. The molecule has 1 heterocycles. The van der Waals surface area contributed by atoms with Gasteiger partial charge in [-0.05, 0) is 54.4 Å². The van der Waals surface area contributed by atoms with Crippen LogP contribution in [0.3, 0.4) is 0 Å². The molecular weight excluding hydrogens is 370 g/mol. The average Bonchev–Trinajstić information content (AvgIpc) is 3.21. The number of carbonyl (C=O) groups is 1. The summed E-state index contributed by atoms with van der Waals surface area (Å²) >= 11 is 0. The first-order valence-corrected chi connectivity index (χ1v) is 9.42. The van der Waals surface area contributed by atoms with Crippen LogP contribution in [0.25, 0.3) is 11.3 Å². The first-order valence-electron chi connectivity index (χ1n) is 9.42. The Morgan fingerprint density at radius 3 is 2.66 bits per heavy atom. The number of hydrogen-bond acceptors (Lipinski definition) is 5. The molecule has 6 nitrogen and oxygen atoms in total. The van der Waals surface area contributed by atoms with Gasteiger partial charge in [0.25, 0.3) is 5.91 Å². The lowest BCUT2D eigenvalue weighted by molar-refractivity contribution is 0.102. The minimum atomic E-state index is -0.244. The van der Waals surface area contributed by atoms with Crippen molar-refractivity contribution < 1.29 is 23.8 Å². The minimum absolute atomic E-state index is 0.187. The van der Waals surface area contributed by atoms with E-state index in [1.54, 1.807) is 55.6 Å². The van der Waals surface area contributed by atoms with E-state index >= 15 is 0 Å². The van der Waals surface area contributed by atoms with Crippen LogP contribution in [-0.2, 0) is 6.61 Å². The second-order valence-electron chi connectivity index (χ2n) is 7.03. The molecule has 0 saturated heterocycles. The van der Waals surface area contributed by atoms with Crippen molar-refractivity contribution >= 4 is 11.6 Å². The Hall–Kier alpha value is -3.25. The molecule has 0 bridgehead atoms. The first kappa shape index (κ1) is 20.5. The van der Waals surface area contributed by atoms with E-state index in [0.717, 1.165) is 0 Å². The van der Waals surface area contributed by atoms with Crippen LogP contribution in [0.2, 0.25) is 0 Å². The molecule has 1 amide bonds. The lowest BCUT2D eigenvalue weighted by atomic mass is 10.1. The van der Waals surface area contributed by atoms with E-state index in [4.69, 9.17) is 13.9 Å². The molecule has 2 aromatic carbocycles. The van der Waals surface area contributed by atoms with Crippen LogP contribution in [-0.4, -0.2) is 24.7 Å². The molecule has 0 unspecified atom stereocenters. The Balaban J connectivity index is 1.80. The molecular formula is C23H25NO5. The van der Waals surface area contributed by atoms with Gasteiger partial charge in [0.1, 0.15) is 29.6 Å². The van der Waals surface area contributed by atoms with Gasteiger partial charge in [0.2, 0.25) is 0 Å². The van der Waals surface area contributed by atoms with Crippen LogP contribution in [0.4, 0.5) is 5.69 Å². The number of hydrogen-bond donors (Lipinski definition) is 2. The van der Waals surface area contributed by atoms with Gasteiger partial charge in [0, 0.05) is 11.3 Å². The van der Waals surface area contributed by atoms with Crippen molar-refractivity contribution in [2.75, 3.05) is 19.0 Å². The van der Waals surface area contributed by atoms with Crippen molar-refractivity contribution in [1.82, 2.24) is 0 Å². The fourth-order valence-corrected chi connectivity index (χ4v) is 2.78. The van der Waals surface area contributed by atoms with Crippen molar-refractivity contribution in [3.05, 3.63) is 65.9 Å². The van der Waals surface area contributed by atoms with E-state index in [0.29, 0.717) is 52.4 Å². The molecule has 152 valence electrons. The molecule has 0 atom stereocenters. The Bertz CT molecular complexity index is 977. The highest BCUT2D eigenvalue weighted by Gasteiger charge is 2.14. The molecule has 0 aliphatic carbocycles. The highest BCUT2D eigenvalue weighted by Crippen LogP contribution is 2.34. The molecule has 1 aromatic heterocycles. The molecule has 0 fully saturated rings. The molecule has 0 spiro atoms. The fraction of sp³-hybridized carbons (Fsp3) is 0.261. The maximum absolute atomic E-state index is 12.7. The van der Waals surface area contributed by atoms with E-state index in [1.165, 1.54) is 0 Å². The number of aliphatic hydroxyl groups is 1. The molecule has 0 aliphatic rings. The van der Waals surface area contributed by atoms with Crippen molar-refractivity contribution in [2.45, 2.75) is 20.5 Å². The number of furan rings is 1. The van der Waals surface area contributed by atoms with Crippen LogP contribution >= 0.6 is 0 Å². The second kappa shape index (κ2) is 9.30. The minimum Gasteiger partial charge on any atom is -0.496 e. The van der Waals surface area contributed by atoms with Gasteiger partial charge in [0.15, 0.2) is 0 Å². The third-order valence-electron chi connectivity index (χ3n) is 4.22. The smallest absolute Gasteiger partial charge is 0.255 e. The zero-order valence-electron chi connectivity index (χ0n) is 16.8. The number of ether oxygens (including phenoxy) is 2. The molecule has 3 aromatic rings. The number of benzene rings is 2. The molecule has 6 heteroatoms. The van der Waals surface area contributed by atoms with E-state index in [-0.39, 0.29) is 12.5 Å². The molecule has 0 aliphatic heterocycles. The lowest BCUT2D eigenvalue weighted by Gasteiger charge is -2.12. The standard InChI is InChI=1S/C23H25NO5/c1-15(2)14-28-18-6-4-5-16(11-18)23(26)24-17-7-9-21(27-3)20(12-17)22-10-8-19(13-25)29-22/h4-12,15,25H,13-14H2,1-3H3,(H,24,26). The summed E-state index contributed by atoms with van der Waals surface area (Å²) in [6.45, 7) is 4.54. The quantitative estimate of drug-likeness (QED) is 0.576. The number of rotatable bonds is 8. The van der Waals surface area contributed by atoms with Gasteiger partial charge < -0.3 is 24.3 Å². The van der Waals surface area contributed by atoms with Crippen LogP contribution in [0.5, 0.6) is 11.5 Å². The molecule has 3 rings (SSSR count). The summed E-state index contributed by atoms with van der Waals surface area (Å²) in [5.41, 5.74) is 1.78. The van der Waals surface area contributed by atoms with E-state index in [9.17, 15) is 9.90 Å². The van der Waals surface area contributed by atoms with Gasteiger partial charge in [-0.3, -0.25) is 4.79 Å². The van der Waals surface area contributed by atoms with Crippen molar-refractivity contribution in [1.29, 1.82) is 0 Å². The van der Waals surface area contributed by atoms with E-state index in [1.807, 2.05) is 6.07 Å². The second-order valence-corrected chi connectivity index (χ2v) is 7.03. The summed E-state index contributed by atoms with van der Waals surface area (Å²) in [5, 5.41) is 12.1. The summed E-state index contributed by atoms with van der Waals surface area (Å²) in [7, 11) is 1.57. The summed E-state index contributed by atoms with van der Waals surface area (Å²) in [4.78, 5) is 12.7. The van der Waals surface area contributed by atoms with Gasteiger partial charge >= 0.3 is 0 Å². The third-order valence-corrected chi connectivity index (χ3v) is 4.22. The number of aliphatic hydroxyl groups excluding tert-OH is 1. The lowest BCUT2D eigenvalue weighted by Crippen LogP contribution is -2.12. The van der Waals surface area contributed by atoms with Gasteiger partial charge in [-0.25, -0.2) is 0 Å². The number of nitrogens with one attached hydrogen (secondary N) is 1. The molecule has 0 saturated carbocycles. The maximum atomic E-state index is 12.7. The van der Waals surface area contributed by atoms with Crippen LogP contribution in [0, 0.1) is 5.92 Å². The Morgan fingerprint density at radius 1 is 1.14 bits per heavy atom. The monoisotopic (exact) mass is 395 g/mol. The van der Waals surface area contributed by atoms with Crippen molar-refractivity contribution in [3.8, 4) is 22.8 Å². The number of amides is 1. The molecule has 0 radical (unpaired) electrons. The van der Waals surface area contributed by atoms with Gasteiger partial charge in [0.05, 0.1) is 19.3 Å². The first-order chi connectivity index (χ1) is 14.0. The predicted octanol–water partition coefficient (Wildman–Crippen LogP) is 4.73. The third kappa shape index (κ3) is 5.18. The number of anilines is 1.